The van der Waals surface area contributed by atoms with E-state index in [-0.39, 0.29) is 16.7 Å². The van der Waals surface area contributed by atoms with Crippen molar-refractivity contribution in [3.05, 3.63) is 0 Å². The maximum atomic E-state index is 11.9. The fourth-order valence-electron chi connectivity index (χ4n) is 3.22. The lowest BCUT2D eigenvalue weighted by Gasteiger charge is -2.47. The minimum Gasteiger partial charge on any atom is -0.299 e. The lowest BCUT2D eigenvalue weighted by atomic mass is 9.54. The fraction of sp³-hybridized carbons (Fsp3) is 0.833. The van der Waals surface area contributed by atoms with Gasteiger partial charge in [0, 0.05) is 24.2 Å². The van der Waals surface area contributed by atoms with E-state index in [4.69, 9.17) is 0 Å². The topological polar surface area (TPSA) is 34.1 Å². The molecular formula is C12H18O2. The predicted molar refractivity (Wildman–Crippen MR) is 53.9 cm³/mol. The molecule has 14 heavy (non-hydrogen) atoms. The summed E-state index contributed by atoms with van der Waals surface area (Å²) in [7, 11) is 0. The van der Waals surface area contributed by atoms with E-state index in [0.29, 0.717) is 24.4 Å². The van der Waals surface area contributed by atoms with Gasteiger partial charge in [0.05, 0.1) is 0 Å². The van der Waals surface area contributed by atoms with E-state index in [0.717, 1.165) is 12.8 Å². The Bertz CT molecular complexity index is 303. The Labute approximate surface area is 85.1 Å². The highest BCUT2D eigenvalue weighted by Crippen LogP contribution is 2.58. The van der Waals surface area contributed by atoms with Crippen molar-refractivity contribution in [2.45, 2.75) is 46.5 Å². The Balaban J connectivity index is 2.43. The quantitative estimate of drug-likeness (QED) is 0.593. The number of carbonyl (C=O) groups is 2. The van der Waals surface area contributed by atoms with Crippen LogP contribution in [0.2, 0.25) is 0 Å². The summed E-state index contributed by atoms with van der Waals surface area (Å²) in [5.74, 6) is 0.870. The van der Waals surface area contributed by atoms with Crippen LogP contribution in [0.1, 0.15) is 46.5 Å². The minimum absolute atomic E-state index is 0.0700. The van der Waals surface area contributed by atoms with Crippen LogP contribution in [0.4, 0.5) is 0 Å². The third-order valence-corrected chi connectivity index (χ3v) is 4.83. The van der Waals surface area contributed by atoms with Crippen LogP contribution in [-0.4, -0.2) is 11.6 Å². The van der Waals surface area contributed by atoms with Crippen LogP contribution in [0.15, 0.2) is 0 Å². The summed E-state index contributed by atoms with van der Waals surface area (Å²) in [6.07, 6.45) is 2.96. The predicted octanol–water partition coefficient (Wildman–Crippen LogP) is 2.36. The number of hydrogen-bond donors (Lipinski definition) is 0. The second-order valence-electron chi connectivity index (χ2n) is 5.52. The molecule has 2 saturated carbocycles. The van der Waals surface area contributed by atoms with Gasteiger partial charge >= 0.3 is 0 Å². The van der Waals surface area contributed by atoms with Crippen LogP contribution in [0.25, 0.3) is 0 Å². The molecule has 0 amide bonds. The Morgan fingerprint density at radius 3 is 2.43 bits per heavy atom. The van der Waals surface area contributed by atoms with E-state index in [9.17, 15) is 9.59 Å². The smallest absolute Gasteiger partial charge is 0.139 e. The zero-order valence-corrected chi connectivity index (χ0v) is 9.22. The molecule has 0 heterocycles. The summed E-state index contributed by atoms with van der Waals surface area (Å²) >= 11 is 0. The molecule has 0 bridgehead atoms. The van der Waals surface area contributed by atoms with E-state index < -0.39 is 0 Å². The monoisotopic (exact) mass is 194 g/mol. The van der Waals surface area contributed by atoms with E-state index in [1.165, 1.54) is 0 Å². The standard InChI is InChI=1S/C12H18O2/c1-11(2)10(14)5-4-8-9(13)6-7-12(8,11)3/h8H,4-7H2,1-3H3/t8-,12+/m1/s1. The summed E-state index contributed by atoms with van der Waals surface area (Å²) in [5.41, 5.74) is -0.374. The molecule has 0 unspecified atom stereocenters. The van der Waals surface area contributed by atoms with Crippen LogP contribution in [0.5, 0.6) is 0 Å². The largest absolute Gasteiger partial charge is 0.299 e. The van der Waals surface area contributed by atoms with Gasteiger partial charge in [0.2, 0.25) is 0 Å². The number of Topliss-reactive ketones (excluding diaryl/α,β-unsaturated/α-hetero) is 2. The van der Waals surface area contributed by atoms with E-state index in [2.05, 4.69) is 6.92 Å². The summed E-state index contributed by atoms with van der Waals surface area (Å²) < 4.78 is 0. The second kappa shape index (κ2) is 2.68. The molecule has 2 atom stereocenters. The third-order valence-electron chi connectivity index (χ3n) is 4.83. The summed E-state index contributed by atoms with van der Waals surface area (Å²) in [6, 6.07) is 0. The molecule has 0 aromatic carbocycles. The molecule has 0 radical (unpaired) electrons. The van der Waals surface area contributed by atoms with Crippen molar-refractivity contribution in [3.8, 4) is 0 Å². The molecule has 0 saturated heterocycles. The first-order chi connectivity index (χ1) is 6.39. The van der Waals surface area contributed by atoms with Gasteiger partial charge in [-0.2, -0.15) is 0 Å². The molecule has 2 aliphatic carbocycles. The van der Waals surface area contributed by atoms with Gasteiger partial charge in [-0.15, -0.1) is 0 Å². The van der Waals surface area contributed by atoms with Crippen molar-refractivity contribution in [2.24, 2.45) is 16.7 Å². The second-order valence-corrected chi connectivity index (χ2v) is 5.52. The van der Waals surface area contributed by atoms with Crippen molar-refractivity contribution in [1.29, 1.82) is 0 Å². The molecule has 78 valence electrons. The van der Waals surface area contributed by atoms with Crippen LogP contribution < -0.4 is 0 Å². The van der Waals surface area contributed by atoms with Gasteiger partial charge in [-0.25, -0.2) is 0 Å². The first-order valence-corrected chi connectivity index (χ1v) is 5.45. The number of carbonyl (C=O) groups excluding carboxylic acids is 2. The van der Waals surface area contributed by atoms with E-state index in [1.807, 2.05) is 13.8 Å². The molecule has 0 aromatic rings. The van der Waals surface area contributed by atoms with Crippen molar-refractivity contribution in [2.75, 3.05) is 0 Å². The molecule has 0 aromatic heterocycles. The lowest BCUT2D eigenvalue weighted by Crippen LogP contribution is -2.49. The number of fused-ring (bicyclic) bond motifs is 1. The van der Waals surface area contributed by atoms with Gasteiger partial charge in [-0.05, 0) is 18.3 Å². The Morgan fingerprint density at radius 1 is 1.14 bits per heavy atom. The molecule has 2 aliphatic rings. The maximum Gasteiger partial charge on any atom is 0.139 e. The Kier molecular flexibility index (Phi) is 1.89. The minimum atomic E-state index is -0.303. The Morgan fingerprint density at radius 2 is 1.79 bits per heavy atom. The van der Waals surface area contributed by atoms with Gasteiger partial charge in [-0.3, -0.25) is 9.59 Å². The summed E-state index contributed by atoms with van der Waals surface area (Å²) in [5, 5.41) is 0. The van der Waals surface area contributed by atoms with Gasteiger partial charge in [0.1, 0.15) is 11.6 Å². The summed E-state index contributed by atoms with van der Waals surface area (Å²) in [6.45, 7) is 6.15. The van der Waals surface area contributed by atoms with Crippen LogP contribution in [0.3, 0.4) is 0 Å². The molecule has 2 nitrogen and oxygen atoms in total. The SMILES string of the molecule is CC1(C)C(=O)CC[C@@H]2C(=O)CC[C@@]21C. The number of ketones is 2. The highest BCUT2D eigenvalue weighted by atomic mass is 16.1. The zero-order valence-electron chi connectivity index (χ0n) is 9.22. The molecule has 0 aliphatic heterocycles. The Hall–Kier alpha value is -0.660. The third kappa shape index (κ3) is 0.971. The molecule has 0 spiro atoms. The zero-order chi connectivity index (χ0) is 10.6. The first-order valence-electron chi connectivity index (χ1n) is 5.45. The van der Waals surface area contributed by atoms with E-state index in [1.54, 1.807) is 0 Å². The highest BCUT2D eigenvalue weighted by molar-refractivity contribution is 5.92. The molecule has 0 N–H and O–H groups in total. The average molecular weight is 194 g/mol. The molecule has 2 rings (SSSR count). The molecule has 2 heteroatoms. The number of hydrogen-bond acceptors (Lipinski definition) is 2. The molecular weight excluding hydrogens is 176 g/mol. The van der Waals surface area contributed by atoms with Crippen molar-refractivity contribution < 1.29 is 9.59 Å². The van der Waals surface area contributed by atoms with Gasteiger partial charge in [-0.1, -0.05) is 20.8 Å². The summed E-state index contributed by atoms with van der Waals surface area (Å²) in [4.78, 5) is 23.6. The van der Waals surface area contributed by atoms with E-state index >= 15 is 0 Å². The number of rotatable bonds is 0. The first kappa shape index (κ1) is 9.88. The fourth-order valence-corrected chi connectivity index (χ4v) is 3.22. The van der Waals surface area contributed by atoms with Crippen molar-refractivity contribution >= 4 is 11.6 Å². The maximum absolute atomic E-state index is 11.9. The lowest BCUT2D eigenvalue weighted by molar-refractivity contribution is -0.144. The average Bonchev–Trinajstić information content (AvgIpc) is 2.40. The van der Waals surface area contributed by atoms with Gasteiger partial charge in [0.25, 0.3) is 0 Å². The highest BCUT2D eigenvalue weighted by Gasteiger charge is 2.58. The van der Waals surface area contributed by atoms with Crippen LogP contribution >= 0.6 is 0 Å². The van der Waals surface area contributed by atoms with Crippen LogP contribution in [-0.2, 0) is 9.59 Å². The van der Waals surface area contributed by atoms with Crippen molar-refractivity contribution in [1.82, 2.24) is 0 Å². The van der Waals surface area contributed by atoms with Crippen molar-refractivity contribution in [3.63, 3.8) is 0 Å². The van der Waals surface area contributed by atoms with Gasteiger partial charge < -0.3 is 0 Å². The van der Waals surface area contributed by atoms with Gasteiger partial charge in [0.15, 0.2) is 0 Å². The molecule has 2 fully saturated rings. The normalized spacial score (nSPS) is 41.2. The van der Waals surface area contributed by atoms with Crippen LogP contribution in [0, 0.1) is 16.7 Å².